The van der Waals surface area contributed by atoms with Crippen LogP contribution in [-0.4, -0.2) is 39.2 Å². The van der Waals surface area contributed by atoms with Crippen LogP contribution in [-0.2, 0) is 18.7 Å². The highest BCUT2D eigenvalue weighted by molar-refractivity contribution is 6.73. The smallest absolute Gasteiger partial charge is 0.192 e. The number of hydrogen-bond acceptors (Lipinski definition) is 4. The Hall–Kier alpha value is -0.233. The van der Waals surface area contributed by atoms with Gasteiger partial charge >= 0.3 is 0 Å². The first kappa shape index (κ1) is 17.1. The molecular formula is C16H30O4Si. The molecule has 1 aliphatic heterocycles. The molecule has 21 heavy (non-hydrogen) atoms. The van der Waals surface area contributed by atoms with Gasteiger partial charge in [-0.25, -0.2) is 0 Å². The fourth-order valence-electron chi connectivity index (χ4n) is 3.80. The summed E-state index contributed by atoms with van der Waals surface area (Å²) in [7, 11) is -1.71. The Labute approximate surface area is 129 Å². The highest BCUT2D eigenvalue weighted by Gasteiger charge is 2.49. The van der Waals surface area contributed by atoms with Crippen LogP contribution < -0.4 is 0 Å². The summed E-state index contributed by atoms with van der Waals surface area (Å²) in [5, 5.41) is 0. The van der Waals surface area contributed by atoms with E-state index in [-0.39, 0.29) is 11.4 Å². The molecule has 0 aromatic rings. The Morgan fingerprint density at radius 2 is 1.52 bits per heavy atom. The van der Waals surface area contributed by atoms with Gasteiger partial charge in [-0.1, -0.05) is 20.8 Å². The van der Waals surface area contributed by atoms with Crippen molar-refractivity contribution in [2.45, 2.75) is 82.4 Å². The lowest BCUT2D eigenvalue weighted by molar-refractivity contribution is -0.200. The summed E-state index contributed by atoms with van der Waals surface area (Å²) in [4.78, 5) is 11.2. The van der Waals surface area contributed by atoms with Gasteiger partial charge in [-0.3, -0.25) is 0 Å². The molecule has 0 amide bonds. The maximum Gasteiger partial charge on any atom is 0.192 e. The lowest BCUT2D eigenvalue weighted by Gasteiger charge is -2.47. The first-order valence-electron chi connectivity index (χ1n) is 8.49. The van der Waals surface area contributed by atoms with Gasteiger partial charge in [0.25, 0.3) is 0 Å². The van der Waals surface area contributed by atoms with E-state index in [1.54, 1.807) is 0 Å². The van der Waals surface area contributed by atoms with Crippen LogP contribution in [0.1, 0.15) is 52.9 Å². The molecule has 1 spiro atoms. The third-order valence-electron chi connectivity index (χ3n) is 5.56. The molecule has 0 atom stereocenters. The molecule has 0 bridgehead atoms. The van der Waals surface area contributed by atoms with E-state index in [4.69, 9.17) is 13.9 Å². The summed E-state index contributed by atoms with van der Waals surface area (Å²) in [5.74, 6) is -0.384. The molecule has 1 heterocycles. The lowest BCUT2D eigenvalue weighted by atomic mass is 9.80. The maximum atomic E-state index is 11.2. The van der Waals surface area contributed by atoms with Gasteiger partial charge in [-0.15, -0.1) is 0 Å². The minimum Gasteiger partial charge on any atom is -0.411 e. The molecule has 0 aromatic heterocycles. The van der Waals surface area contributed by atoms with Crippen LogP contribution in [0.3, 0.4) is 0 Å². The standard InChI is InChI=1S/C16H30O4Si/c1-4-21(5-2,6-3)20-15(11-12-17)7-9-16(10-8-15)18-13-14-19-16/h12H,4-11,13-14H2,1-3H3. The van der Waals surface area contributed by atoms with Gasteiger partial charge in [0.1, 0.15) is 6.29 Å². The Morgan fingerprint density at radius 1 is 1.00 bits per heavy atom. The molecular weight excluding hydrogens is 284 g/mol. The van der Waals surface area contributed by atoms with Crippen molar-refractivity contribution in [1.29, 1.82) is 0 Å². The fourth-order valence-corrected chi connectivity index (χ4v) is 6.94. The first-order chi connectivity index (χ1) is 10.1. The largest absolute Gasteiger partial charge is 0.411 e. The Morgan fingerprint density at radius 3 is 1.95 bits per heavy atom. The van der Waals surface area contributed by atoms with Gasteiger partial charge in [-0.05, 0) is 31.0 Å². The quantitative estimate of drug-likeness (QED) is 0.531. The fraction of sp³-hybridized carbons (Fsp3) is 0.938. The van der Waals surface area contributed by atoms with Crippen molar-refractivity contribution < 1.29 is 18.7 Å². The minimum absolute atomic E-state index is 0.267. The van der Waals surface area contributed by atoms with E-state index in [2.05, 4.69) is 20.8 Å². The number of carbonyl (C=O) groups excluding carboxylic acids is 1. The van der Waals surface area contributed by atoms with Gasteiger partial charge < -0.3 is 18.7 Å². The van der Waals surface area contributed by atoms with Crippen LogP contribution in [0, 0.1) is 0 Å². The van der Waals surface area contributed by atoms with E-state index in [0.717, 1.165) is 50.1 Å². The summed E-state index contributed by atoms with van der Waals surface area (Å²) in [6.07, 6.45) is 5.00. The van der Waals surface area contributed by atoms with E-state index in [9.17, 15) is 4.79 Å². The summed E-state index contributed by atoms with van der Waals surface area (Å²) < 4.78 is 18.4. The van der Waals surface area contributed by atoms with Gasteiger partial charge in [0.15, 0.2) is 14.1 Å². The van der Waals surface area contributed by atoms with Crippen molar-refractivity contribution in [2.75, 3.05) is 13.2 Å². The molecule has 1 saturated heterocycles. The topological polar surface area (TPSA) is 44.8 Å². The van der Waals surface area contributed by atoms with Crippen molar-refractivity contribution in [2.24, 2.45) is 0 Å². The van der Waals surface area contributed by atoms with Crippen molar-refractivity contribution >= 4 is 14.6 Å². The second kappa shape index (κ2) is 6.90. The molecule has 4 nitrogen and oxygen atoms in total. The Bertz CT molecular complexity index is 330. The molecule has 0 N–H and O–H groups in total. The molecule has 0 unspecified atom stereocenters. The van der Waals surface area contributed by atoms with Crippen LogP contribution in [0.25, 0.3) is 0 Å². The summed E-state index contributed by atoms with van der Waals surface area (Å²) in [5.41, 5.74) is -0.267. The minimum atomic E-state index is -1.71. The van der Waals surface area contributed by atoms with E-state index in [0.29, 0.717) is 19.6 Å². The maximum absolute atomic E-state index is 11.2. The lowest BCUT2D eigenvalue weighted by Crippen LogP contribution is -2.52. The Kier molecular flexibility index (Phi) is 5.63. The summed E-state index contributed by atoms with van der Waals surface area (Å²) >= 11 is 0. The third kappa shape index (κ3) is 3.58. The molecule has 2 aliphatic rings. The highest BCUT2D eigenvalue weighted by Crippen LogP contribution is 2.45. The zero-order valence-corrected chi connectivity index (χ0v) is 14.8. The average molecular weight is 314 g/mol. The average Bonchev–Trinajstić information content (AvgIpc) is 2.98. The van der Waals surface area contributed by atoms with Crippen LogP contribution in [0.15, 0.2) is 0 Å². The zero-order valence-electron chi connectivity index (χ0n) is 13.8. The molecule has 122 valence electrons. The third-order valence-corrected chi connectivity index (χ3v) is 10.3. The monoisotopic (exact) mass is 314 g/mol. The van der Waals surface area contributed by atoms with E-state index >= 15 is 0 Å². The zero-order chi connectivity index (χ0) is 15.4. The normalized spacial score (nSPS) is 24.3. The number of ether oxygens (including phenoxy) is 2. The van der Waals surface area contributed by atoms with Gasteiger partial charge in [-0.2, -0.15) is 0 Å². The van der Waals surface area contributed by atoms with Crippen molar-refractivity contribution in [3.05, 3.63) is 0 Å². The predicted octanol–water partition coefficient (Wildman–Crippen LogP) is 3.65. The van der Waals surface area contributed by atoms with E-state index < -0.39 is 8.32 Å². The van der Waals surface area contributed by atoms with Gasteiger partial charge in [0.2, 0.25) is 0 Å². The van der Waals surface area contributed by atoms with Crippen molar-refractivity contribution in [3.63, 3.8) is 0 Å². The SMILES string of the molecule is CC[Si](CC)(CC)OC1(CC=O)CCC2(CC1)OCCO2. The number of rotatable bonds is 7. The van der Waals surface area contributed by atoms with Gasteiger partial charge in [0.05, 0.1) is 18.8 Å². The van der Waals surface area contributed by atoms with Crippen LogP contribution in [0.5, 0.6) is 0 Å². The Balaban J connectivity index is 2.09. The highest BCUT2D eigenvalue weighted by atomic mass is 28.4. The van der Waals surface area contributed by atoms with Crippen LogP contribution in [0.4, 0.5) is 0 Å². The summed E-state index contributed by atoms with van der Waals surface area (Å²) in [6.45, 7) is 8.10. The molecule has 5 heteroatoms. The van der Waals surface area contributed by atoms with Crippen LogP contribution >= 0.6 is 0 Å². The molecule has 0 aromatic carbocycles. The first-order valence-corrected chi connectivity index (χ1v) is 11.0. The molecule has 2 fully saturated rings. The van der Waals surface area contributed by atoms with Crippen molar-refractivity contribution in [3.8, 4) is 0 Å². The van der Waals surface area contributed by atoms with Crippen molar-refractivity contribution in [1.82, 2.24) is 0 Å². The second-order valence-corrected chi connectivity index (χ2v) is 11.2. The number of carbonyl (C=O) groups is 1. The van der Waals surface area contributed by atoms with Gasteiger partial charge in [0, 0.05) is 19.3 Å². The van der Waals surface area contributed by atoms with E-state index in [1.165, 1.54) is 0 Å². The molecule has 1 saturated carbocycles. The van der Waals surface area contributed by atoms with E-state index in [1.807, 2.05) is 0 Å². The number of hydrogen-bond donors (Lipinski definition) is 0. The number of aldehydes is 1. The molecule has 0 radical (unpaired) electrons. The van der Waals surface area contributed by atoms with Crippen LogP contribution in [0.2, 0.25) is 18.1 Å². The molecule has 2 rings (SSSR count). The summed E-state index contributed by atoms with van der Waals surface area (Å²) in [6, 6.07) is 3.37. The predicted molar refractivity (Wildman–Crippen MR) is 84.8 cm³/mol. The second-order valence-electron chi connectivity index (χ2n) is 6.51. The molecule has 1 aliphatic carbocycles.